The lowest BCUT2D eigenvalue weighted by atomic mass is 10.2. The predicted molar refractivity (Wildman–Crippen MR) is 147 cm³/mol. The van der Waals surface area contributed by atoms with Gasteiger partial charge in [0.25, 0.3) is 5.91 Å². The Morgan fingerprint density at radius 1 is 0.974 bits per heavy atom. The lowest BCUT2D eigenvalue weighted by molar-refractivity contribution is 0.00619. The highest BCUT2D eigenvalue weighted by atomic mass is 35.5. The average molecular weight is 534 g/mol. The Bertz CT molecular complexity index is 1440. The molecule has 2 aromatic heterocycles. The van der Waals surface area contributed by atoms with Gasteiger partial charge in [-0.25, -0.2) is 9.78 Å². The number of anilines is 2. The van der Waals surface area contributed by atoms with Gasteiger partial charge < -0.3 is 19.7 Å². The van der Waals surface area contributed by atoms with E-state index in [9.17, 15) is 9.59 Å². The van der Waals surface area contributed by atoms with Crippen molar-refractivity contribution in [1.29, 1.82) is 0 Å². The third kappa shape index (κ3) is 6.12. The van der Waals surface area contributed by atoms with Crippen molar-refractivity contribution in [3.8, 4) is 17.3 Å². The first-order chi connectivity index (χ1) is 18.0. The highest BCUT2D eigenvalue weighted by molar-refractivity contribution is 6.30. The fourth-order valence-corrected chi connectivity index (χ4v) is 3.69. The minimum Gasteiger partial charge on any atom is -0.455 e. The van der Waals surface area contributed by atoms with E-state index < -0.39 is 17.5 Å². The maximum Gasteiger partial charge on any atom is 0.359 e. The number of amides is 1. The molecule has 0 aliphatic heterocycles. The molecule has 0 aliphatic rings. The number of esters is 1. The standard InChI is InChI=1S/C28H28ClN5O4/c1-28(2,3)38-26(36)22-23(32-27(33(4)5)34(22)19-10-7-6-8-11-19)31-24(35)21-12-9-17-30-25(21)37-20-15-13-18(29)14-16-20/h6-17H,1-5H3,(H,31,35). The van der Waals surface area contributed by atoms with Crippen molar-refractivity contribution in [3.63, 3.8) is 0 Å². The van der Waals surface area contributed by atoms with Gasteiger partial charge in [0.05, 0.1) is 0 Å². The number of carbonyl (C=O) groups is 2. The summed E-state index contributed by atoms with van der Waals surface area (Å²) in [5, 5.41) is 3.33. The van der Waals surface area contributed by atoms with Crippen molar-refractivity contribution in [3.05, 3.63) is 89.2 Å². The van der Waals surface area contributed by atoms with E-state index in [0.717, 1.165) is 0 Å². The van der Waals surface area contributed by atoms with Crippen LogP contribution in [-0.2, 0) is 4.74 Å². The van der Waals surface area contributed by atoms with E-state index in [1.54, 1.807) is 80.7 Å². The van der Waals surface area contributed by atoms with Crippen LogP contribution in [0.25, 0.3) is 5.69 Å². The van der Waals surface area contributed by atoms with Crippen molar-refractivity contribution < 1.29 is 19.1 Å². The van der Waals surface area contributed by atoms with Crippen LogP contribution < -0.4 is 15.0 Å². The molecule has 10 heteroatoms. The zero-order chi connectivity index (χ0) is 27.4. The van der Waals surface area contributed by atoms with Crippen molar-refractivity contribution in [2.75, 3.05) is 24.3 Å². The van der Waals surface area contributed by atoms with Crippen molar-refractivity contribution in [2.24, 2.45) is 0 Å². The van der Waals surface area contributed by atoms with E-state index in [-0.39, 0.29) is 23.0 Å². The van der Waals surface area contributed by atoms with Crippen LogP contribution in [0, 0.1) is 0 Å². The number of para-hydroxylation sites is 1. The lowest BCUT2D eigenvalue weighted by Crippen LogP contribution is -2.27. The number of nitrogens with one attached hydrogen (secondary N) is 1. The Kier molecular flexibility index (Phi) is 7.68. The summed E-state index contributed by atoms with van der Waals surface area (Å²) >= 11 is 5.96. The molecular formula is C28H28ClN5O4. The fraction of sp³-hybridized carbons (Fsp3) is 0.214. The second-order valence-corrected chi connectivity index (χ2v) is 9.98. The first kappa shape index (κ1) is 26.7. The number of hydrogen-bond donors (Lipinski definition) is 1. The molecule has 0 radical (unpaired) electrons. The molecule has 1 amide bonds. The molecule has 4 aromatic rings. The first-order valence-electron chi connectivity index (χ1n) is 11.8. The zero-order valence-electron chi connectivity index (χ0n) is 21.7. The van der Waals surface area contributed by atoms with Crippen molar-refractivity contribution >= 4 is 35.2 Å². The number of ether oxygens (including phenoxy) is 2. The molecule has 0 spiro atoms. The Morgan fingerprint density at radius 3 is 2.29 bits per heavy atom. The summed E-state index contributed by atoms with van der Waals surface area (Å²) < 4.78 is 13.2. The van der Waals surface area contributed by atoms with Gasteiger partial charge in [-0.15, -0.1) is 0 Å². The monoisotopic (exact) mass is 533 g/mol. The van der Waals surface area contributed by atoms with Crippen LogP contribution in [0.2, 0.25) is 5.02 Å². The van der Waals surface area contributed by atoms with E-state index >= 15 is 0 Å². The molecule has 2 aromatic carbocycles. The number of halogens is 1. The highest BCUT2D eigenvalue weighted by Crippen LogP contribution is 2.31. The number of rotatable bonds is 7. The van der Waals surface area contributed by atoms with Gasteiger partial charge in [0.1, 0.15) is 16.9 Å². The van der Waals surface area contributed by atoms with Gasteiger partial charge in [0, 0.05) is 31.0 Å². The predicted octanol–water partition coefficient (Wildman–Crippen LogP) is 5.99. The van der Waals surface area contributed by atoms with Crippen LogP contribution in [0.3, 0.4) is 0 Å². The molecule has 0 saturated heterocycles. The molecule has 0 saturated carbocycles. The first-order valence-corrected chi connectivity index (χ1v) is 12.2. The quantitative estimate of drug-likeness (QED) is 0.291. The molecule has 1 N–H and O–H groups in total. The van der Waals surface area contributed by atoms with Gasteiger partial charge in [-0.1, -0.05) is 29.8 Å². The van der Waals surface area contributed by atoms with Gasteiger partial charge in [0.2, 0.25) is 11.8 Å². The largest absolute Gasteiger partial charge is 0.455 e. The van der Waals surface area contributed by atoms with E-state index in [1.165, 1.54) is 6.20 Å². The number of nitrogens with zero attached hydrogens (tertiary/aromatic N) is 4. The van der Waals surface area contributed by atoms with Crippen molar-refractivity contribution in [1.82, 2.24) is 14.5 Å². The zero-order valence-corrected chi connectivity index (χ0v) is 22.5. The average Bonchev–Trinajstić information content (AvgIpc) is 3.25. The summed E-state index contributed by atoms with van der Waals surface area (Å²) in [6.45, 7) is 5.32. The second kappa shape index (κ2) is 10.9. The van der Waals surface area contributed by atoms with E-state index in [4.69, 9.17) is 21.1 Å². The molecule has 2 heterocycles. The van der Waals surface area contributed by atoms with Crippen LogP contribution in [0.15, 0.2) is 72.9 Å². The normalized spacial score (nSPS) is 11.1. The number of aromatic nitrogens is 3. The lowest BCUT2D eigenvalue weighted by Gasteiger charge is -2.21. The summed E-state index contributed by atoms with van der Waals surface area (Å²) in [6.07, 6.45) is 1.52. The third-order valence-corrected chi connectivity index (χ3v) is 5.39. The number of carbonyl (C=O) groups excluding carboxylic acids is 2. The third-order valence-electron chi connectivity index (χ3n) is 5.14. The molecule has 0 aliphatic carbocycles. The van der Waals surface area contributed by atoms with Crippen LogP contribution in [0.5, 0.6) is 11.6 Å². The maximum atomic E-state index is 13.5. The maximum absolute atomic E-state index is 13.5. The Labute approximate surface area is 226 Å². The van der Waals surface area contributed by atoms with Crippen LogP contribution >= 0.6 is 11.6 Å². The van der Waals surface area contributed by atoms with Crippen molar-refractivity contribution in [2.45, 2.75) is 26.4 Å². The minimum atomic E-state index is -0.772. The number of imidazole rings is 1. The van der Waals surface area contributed by atoms with E-state index in [1.807, 2.05) is 30.3 Å². The molecule has 4 rings (SSSR count). The Hall–Kier alpha value is -4.37. The van der Waals surface area contributed by atoms with Crippen LogP contribution in [0.4, 0.5) is 11.8 Å². The van der Waals surface area contributed by atoms with Gasteiger partial charge in [0.15, 0.2) is 11.5 Å². The van der Waals surface area contributed by atoms with E-state index in [0.29, 0.717) is 22.4 Å². The van der Waals surface area contributed by atoms with Gasteiger partial charge in [-0.3, -0.25) is 9.36 Å². The van der Waals surface area contributed by atoms with Crippen LogP contribution in [-0.4, -0.2) is 46.1 Å². The van der Waals surface area contributed by atoms with Gasteiger partial charge in [-0.05, 0) is 69.3 Å². The molecule has 0 bridgehead atoms. The number of hydrogen-bond acceptors (Lipinski definition) is 7. The summed E-state index contributed by atoms with van der Waals surface area (Å²) in [6, 6.07) is 19.1. The molecule has 9 nitrogen and oxygen atoms in total. The summed E-state index contributed by atoms with van der Waals surface area (Å²) in [7, 11) is 3.59. The number of pyridine rings is 1. The van der Waals surface area contributed by atoms with Crippen LogP contribution in [0.1, 0.15) is 41.6 Å². The molecule has 38 heavy (non-hydrogen) atoms. The summed E-state index contributed by atoms with van der Waals surface area (Å²) in [5.41, 5.74) is 0.134. The molecule has 196 valence electrons. The molecule has 0 unspecified atom stereocenters. The smallest absolute Gasteiger partial charge is 0.359 e. The Morgan fingerprint density at radius 2 is 1.66 bits per heavy atom. The minimum absolute atomic E-state index is 0.0399. The van der Waals surface area contributed by atoms with Gasteiger partial charge in [-0.2, -0.15) is 4.98 Å². The second-order valence-electron chi connectivity index (χ2n) is 9.54. The van der Waals surface area contributed by atoms with E-state index in [2.05, 4.69) is 15.3 Å². The fourth-order valence-electron chi connectivity index (χ4n) is 3.57. The van der Waals surface area contributed by atoms with Gasteiger partial charge >= 0.3 is 5.97 Å². The summed E-state index contributed by atoms with van der Waals surface area (Å²) in [5.74, 6) is -0.188. The number of benzene rings is 2. The highest BCUT2D eigenvalue weighted by Gasteiger charge is 2.31. The molecule has 0 fully saturated rings. The molecule has 0 atom stereocenters. The topological polar surface area (TPSA) is 98.6 Å². The SMILES string of the molecule is CN(C)c1nc(NC(=O)c2cccnc2Oc2ccc(Cl)cc2)c(C(=O)OC(C)(C)C)n1-c1ccccc1. The summed E-state index contributed by atoms with van der Waals surface area (Å²) in [4.78, 5) is 37.5. The Balaban J connectivity index is 1.77. The molecular weight excluding hydrogens is 506 g/mol.